The zero-order valence-electron chi connectivity index (χ0n) is 23.0. The van der Waals surface area contributed by atoms with Gasteiger partial charge in [-0.15, -0.1) is 11.3 Å². The number of sulfone groups is 1. The van der Waals surface area contributed by atoms with E-state index >= 15 is 0 Å². The molecular weight excluding hydrogens is 606 g/mol. The number of anilines is 1. The lowest BCUT2D eigenvalue weighted by atomic mass is 9.76. The van der Waals surface area contributed by atoms with Gasteiger partial charge in [0, 0.05) is 30.6 Å². The van der Waals surface area contributed by atoms with Gasteiger partial charge in [0.15, 0.2) is 9.84 Å². The molecule has 1 saturated heterocycles. The van der Waals surface area contributed by atoms with Gasteiger partial charge in [-0.1, -0.05) is 25.0 Å². The molecule has 3 heterocycles. The Balaban J connectivity index is 1.48. The van der Waals surface area contributed by atoms with Gasteiger partial charge in [-0.05, 0) is 42.7 Å². The van der Waals surface area contributed by atoms with E-state index in [1.807, 2.05) is 29.2 Å². The SMILES string of the molecule is N#CC(CC(F)(F)F)NC(=O)C1CCCCC1c1nc(-c2ccc(F)cn2)sc1-c1ccc(N2CCS(=O)(=O)CC2)cc1. The van der Waals surface area contributed by atoms with Crippen LogP contribution in [0.2, 0.25) is 0 Å². The topological polar surface area (TPSA) is 116 Å². The maximum Gasteiger partial charge on any atom is 0.392 e. The van der Waals surface area contributed by atoms with Crippen molar-refractivity contribution in [2.24, 2.45) is 5.92 Å². The number of benzene rings is 1. The average Bonchev–Trinajstić information content (AvgIpc) is 3.42. The summed E-state index contributed by atoms with van der Waals surface area (Å²) in [6.45, 7) is 0.787. The van der Waals surface area contributed by atoms with Crippen LogP contribution in [-0.4, -0.2) is 61.1 Å². The van der Waals surface area contributed by atoms with Crippen molar-refractivity contribution in [3.05, 3.63) is 54.1 Å². The van der Waals surface area contributed by atoms with Crippen LogP contribution in [0.4, 0.5) is 23.2 Å². The molecule has 3 unspecified atom stereocenters. The lowest BCUT2D eigenvalue weighted by Crippen LogP contribution is -2.43. The summed E-state index contributed by atoms with van der Waals surface area (Å²) >= 11 is 1.32. The molecule has 43 heavy (non-hydrogen) atoms. The number of halogens is 4. The summed E-state index contributed by atoms with van der Waals surface area (Å²) in [5, 5.41) is 12.1. The molecule has 1 aliphatic heterocycles. The molecule has 2 aromatic heterocycles. The molecule has 228 valence electrons. The van der Waals surface area contributed by atoms with Crippen molar-refractivity contribution < 1.29 is 30.8 Å². The molecule has 1 saturated carbocycles. The van der Waals surface area contributed by atoms with Crippen LogP contribution in [0.15, 0.2) is 42.6 Å². The van der Waals surface area contributed by atoms with Crippen molar-refractivity contribution in [2.45, 2.75) is 50.2 Å². The summed E-state index contributed by atoms with van der Waals surface area (Å²) in [6, 6.07) is 10.2. The molecule has 14 heteroatoms. The van der Waals surface area contributed by atoms with Crippen molar-refractivity contribution in [1.82, 2.24) is 15.3 Å². The first kappa shape index (κ1) is 30.9. The molecule has 0 spiro atoms. The molecule has 3 atom stereocenters. The van der Waals surface area contributed by atoms with Crippen LogP contribution >= 0.6 is 11.3 Å². The van der Waals surface area contributed by atoms with Gasteiger partial charge in [0.1, 0.15) is 16.9 Å². The number of carbonyl (C=O) groups is 1. The van der Waals surface area contributed by atoms with Gasteiger partial charge in [-0.25, -0.2) is 17.8 Å². The van der Waals surface area contributed by atoms with Crippen molar-refractivity contribution in [3.63, 3.8) is 0 Å². The number of alkyl halides is 3. The summed E-state index contributed by atoms with van der Waals surface area (Å²) in [4.78, 5) is 25.1. The third-order valence-electron chi connectivity index (χ3n) is 7.80. The first-order valence-electron chi connectivity index (χ1n) is 13.9. The maximum absolute atomic E-state index is 13.6. The standard InChI is InChI=1S/C29H29F4N5O3S2/c30-19-7-10-24(35-17-19)28-37-25(22-3-1-2-4-23(22)27(39)36-20(16-34)15-29(31,32)33)26(42-28)18-5-8-21(9-6-18)38-11-13-43(40,41)14-12-38/h5-10,17,20,22-23H,1-4,11-15H2,(H,36,39). The molecule has 1 aliphatic carbocycles. The number of rotatable bonds is 7. The smallest absolute Gasteiger partial charge is 0.369 e. The summed E-state index contributed by atoms with van der Waals surface area (Å²) < 4.78 is 76.2. The van der Waals surface area contributed by atoms with Crippen LogP contribution in [0.5, 0.6) is 0 Å². The zero-order valence-corrected chi connectivity index (χ0v) is 24.6. The number of aromatic nitrogens is 2. The van der Waals surface area contributed by atoms with E-state index in [4.69, 9.17) is 4.98 Å². The quantitative estimate of drug-likeness (QED) is 0.342. The van der Waals surface area contributed by atoms with Crippen LogP contribution < -0.4 is 10.2 Å². The molecule has 3 aromatic rings. The number of pyridine rings is 1. The Labute approximate surface area is 250 Å². The molecule has 1 N–H and O–H groups in total. The third-order valence-corrected chi connectivity index (χ3v) is 10.6. The number of amides is 1. The number of nitrogens with one attached hydrogen (secondary N) is 1. The molecule has 2 fully saturated rings. The third kappa shape index (κ3) is 7.51. The largest absolute Gasteiger partial charge is 0.392 e. The second kappa shape index (κ2) is 12.6. The number of carbonyl (C=O) groups excluding carboxylic acids is 1. The number of thiazole rings is 1. The molecule has 1 amide bonds. The Morgan fingerprint density at radius 2 is 1.81 bits per heavy atom. The van der Waals surface area contributed by atoms with Gasteiger partial charge in [-0.3, -0.25) is 9.78 Å². The second-order valence-corrected chi connectivity index (χ2v) is 14.1. The second-order valence-electron chi connectivity index (χ2n) is 10.8. The van der Waals surface area contributed by atoms with E-state index < -0.39 is 52.0 Å². The molecule has 5 rings (SSSR count). The Bertz CT molecular complexity index is 1590. The number of hydrogen-bond donors (Lipinski definition) is 1. The molecule has 8 nitrogen and oxygen atoms in total. The van der Waals surface area contributed by atoms with Crippen molar-refractivity contribution >= 4 is 32.8 Å². The van der Waals surface area contributed by atoms with Gasteiger partial charge < -0.3 is 10.2 Å². The van der Waals surface area contributed by atoms with E-state index in [9.17, 15) is 36.0 Å². The lowest BCUT2D eigenvalue weighted by molar-refractivity contribution is -0.140. The molecule has 1 aromatic carbocycles. The highest BCUT2D eigenvalue weighted by Gasteiger charge is 2.38. The Morgan fingerprint density at radius 1 is 1.12 bits per heavy atom. The summed E-state index contributed by atoms with van der Waals surface area (Å²) in [5.74, 6) is -2.06. The highest BCUT2D eigenvalue weighted by Crippen LogP contribution is 2.46. The Morgan fingerprint density at radius 3 is 2.44 bits per heavy atom. The van der Waals surface area contributed by atoms with E-state index in [0.717, 1.165) is 28.7 Å². The average molecular weight is 636 g/mol. The van der Waals surface area contributed by atoms with E-state index in [-0.39, 0.29) is 11.5 Å². The summed E-state index contributed by atoms with van der Waals surface area (Å²) in [5.41, 5.74) is 2.71. The van der Waals surface area contributed by atoms with Gasteiger partial charge in [0.2, 0.25) is 5.91 Å². The van der Waals surface area contributed by atoms with Crippen LogP contribution in [0.3, 0.4) is 0 Å². The molecular formula is C29H29F4N5O3S2. The van der Waals surface area contributed by atoms with Crippen LogP contribution in [-0.2, 0) is 14.6 Å². The van der Waals surface area contributed by atoms with Gasteiger partial charge in [0.05, 0.1) is 46.5 Å². The van der Waals surface area contributed by atoms with Crippen LogP contribution in [0.25, 0.3) is 21.1 Å². The van der Waals surface area contributed by atoms with Gasteiger partial charge >= 0.3 is 6.18 Å². The van der Waals surface area contributed by atoms with Crippen LogP contribution in [0, 0.1) is 23.1 Å². The first-order valence-corrected chi connectivity index (χ1v) is 16.5. The Hall–Kier alpha value is -3.57. The number of hydrogen-bond acceptors (Lipinski definition) is 8. The molecule has 2 aliphatic rings. The van der Waals surface area contributed by atoms with Crippen molar-refractivity contribution in [1.29, 1.82) is 5.26 Å². The van der Waals surface area contributed by atoms with E-state index in [0.29, 0.717) is 48.7 Å². The summed E-state index contributed by atoms with van der Waals surface area (Å²) in [6.07, 6.45) is -2.46. The molecule has 0 radical (unpaired) electrons. The fourth-order valence-electron chi connectivity index (χ4n) is 5.61. The zero-order chi connectivity index (χ0) is 30.8. The predicted octanol–water partition coefficient (Wildman–Crippen LogP) is 5.48. The van der Waals surface area contributed by atoms with E-state index in [1.54, 1.807) is 6.07 Å². The van der Waals surface area contributed by atoms with Crippen molar-refractivity contribution in [2.75, 3.05) is 29.5 Å². The van der Waals surface area contributed by atoms with Crippen molar-refractivity contribution in [3.8, 4) is 27.2 Å². The fourth-order valence-corrected chi connectivity index (χ4v) is 7.93. The monoisotopic (exact) mass is 635 g/mol. The minimum Gasteiger partial charge on any atom is -0.369 e. The number of nitrogens with zero attached hydrogens (tertiary/aromatic N) is 4. The highest BCUT2D eigenvalue weighted by molar-refractivity contribution is 7.91. The first-order chi connectivity index (χ1) is 20.4. The van der Waals surface area contributed by atoms with E-state index in [1.165, 1.54) is 23.5 Å². The normalized spacial score (nSPS) is 21.1. The summed E-state index contributed by atoms with van der Waals surface area (Å²) in [7, 11) is -3.03. The van der Waals surface area contributed by atoms with Gasteiger partial charge in [0.25, 0.3) is 0 Å². The Kier molecular flexibility index (Phi) is 9.03. The maximum atomic E-state index is 13.6. The highest BCUT2D eigenvalue weighted by atomic mass is 32.2. The minimum absolute atomic E-state index is 0.0858. The number of nitriles is 1. The van der Waals surface area contributed by atoms with Crippen LogP contribution in [0.1, 0.15) is 43.7 Å². The van der Waals surface area contributed by atoms with Gasteiger partial charge in [-0.2, -0.15) is 18.4 Å². The fraction of sp³-hybridized carbons (Fsp3) is 0.448. The molecule has 0 bridgehead atoms. The minimum atomic E-state index is -4.60. The lowest BCUT2D eigenvalue weighted by Gasteiger charge is -2.31. The predicted molar refractivity (Wildman–Crippen MR) is 155 cm³/mol. The van der Waals surface area contributed by atoms with E-state index in [2.05, 4.69) is 10.3 Å².